The first-order chi connectivity index (χ1) is 15.5. The van der Waals surface area contributed by atoms with Gasteiger partial charge in [-0.2, -0.15) is 5.10 Å². The largest absolute Gasteiger partial charge is 0.381 e. The Morgan fingerprint density at radius 1 is 1.25 bits per heavy atom. The molecule has 3 fully saturated rings. The molecule has 3 atom stereocenters. The van der Waals surface area contributed by atoms with Gasteiger partial charge in [0.05, 0.1) is 0 Å². The summed E-state index contributed by atoms with van der Waals surface area (Å²) in [6.07, 6.45) is 4.55. The van der Waals surface area contributed by atoms with Crippen molar-refractivity contribution in [2.45, 2.75) is 44.1 Å². The van der Waals surface area contributed by atoms with E-state index < -0.39 is 0 Å². The molecule has 0 aliphatic carbocycles. The molecule has 1 unspecified atom stereocenters. The van der Waals surface area contributed by atoms with E-state index in [4.69, 9.17) is 4.74 Å². The number of likely N-dealkylation sites (tertiary alicyclic amines) is 1. The van der Waals surface area contributed by atoms with Gasteiger partial charge in [0.2, 0.25) is 0 Å². The lowest BCUT2D eigenvalue weighted by Crippen LogP contribution is -2.39. The number of thioether (sulfide) groups is 1. The summed E-state index contributed by atoms with van der Waals surface area (Å²) in [4.78, 5) is 7.46. The van der Waals surface area contributed by atoms with Crippen LogP contribution in [0.25, 0.3) is 0 Å². The molecule has 0 amide bonds. The van der Waals surface area contributed by atoms with Crippen molar-refractivity contribution in [3.8, 4) is 0 Å². The summed E-state index contributed by atoms with van der Waals surface area (Å²) in [5, 5.41) is 4.64. The van der Waals surface area contributed by atoms with Crippen molar-refractivity contribution in [1.82, 2.24) is 15.2 Å². The zero-order valence-corrected chi connectivity index (χ0v) is 20.1. The van der Waals surface area contributed by atoms with E-state index in [9.17, 15) is 4.39 Å². The van der Waals surface area contributed by atoms with Crippen molar-refractivity contribution in [3.63, 3.8) is 0 Å². The van der Waals surface area contributed by atoms with E-state index in [0.717, 1.165) is 57.1 Å². The van der Waals surface area contributed by atoms with Gasteiger partial charge in [0.15, 0.2) is 5.50 Å². The van der Waals surface area contributed by atoms with Crippen LogP contribution in [0.4, 0.5) is 10.1 Å². The van der Waals surface area contributed by atoms with Gasteiger partial charge in [-0.25, -0.2) is 4.39 Å². The molecule has 0 aromatic heterocycles. The fraction of sp³-hybridized carbons (Fsp3) is 0.708. The Kier molecular flexibility index (Phi) is 6.54. The van der Waals surface area contributed by atoms with E-state index in [0.29, 0.717) is 17.4 Å². The molecule has 1 aromatic rings. The van der Waals surface area contributed by atoms with Gasteiger partial charge < -0.3 is 19.4 Å². The minimum atomic E-state index is -0.158. The quantitative estimate of drug-likeness (QED) is 0.628. The number of hydrogen-bond acceptors (Lipinski definition) is 7. The maximum absolute atomic E-state index is 13.4. The second-order valence-electron chi connectivity index (χ2n) is 10.00. The van der Waals surface area contributed by atoms with Crippen LogP contribution in [0, 0.1) is 17.2 Å². The lowest BCUT2D eigenvalue weighted by Gasteiger charge is -2.29. The minimum Gasteiger partial charge on any atom is -0.381 e. The third-order valence-corrected chi connectivity index (χ3v) is 9.02. The van der Waals surface area contributed by atoms with Crippen molar-refractivity contribution >= 4 is 23.3 Å². The molecule has 0 spiro atoms. The second kappa shape index (κ2) is 9.39. The Balaban J connectivity index is 1.07. The van der Waals surface area contributed by atoms with Crippen molar-refractivity contribution in [3.05, 3.63) is 30.1 Å². The molecule has 8 heteroatoms. The average molecular weight is 462 g/mol. The van der Waals surface area contributed by atoms with Crippen molar-refractivity contribution < 1.29 is 9.13 Å². The zero-order chi connectivity index (χ0) is 22.1. The number of anilines is 1. The van der Waals surface area contributed by atoms with Gasteiger partial charge in [-0.15, -0.1) is 11.8 Å². The summed E-state index contributed by atoms with van der Waals surface area (Å²) >= 11 is 1.96. The highest BCUT2D eigenvalue weighted by Crippen LogP contribution is 2.44. The Labute approximate surface area is 195 Å². The maximum atomic E-state index is 13.4. The van der Waals surface area contributed by atoms with E-state index in [-0.39, 0.29) is 11.3 Å². The Morgan fingerprint density at radius 3 is 2.81 bits per heavy atom. The van der Waals surface area contributed by atoms with Gasteiger partial charge in [-0.3, -0.25) is 5.43 Å². The predicted octanol–water partition coefficient (Wildman–Crippen LogP) is 3.41. The van der Waals surface area contributed by atoms with E-state index >= 15 is 0 Å². The molecule has 0 radical (unpaired) electrons. The number of ether oxygens (including phenoxy) is 1. The summed E-state index contributed by atoms with van der Waals surface area (Å²) in [6.45, 7) is 8.62. The van der Waals surface area contributed by atoms with Crippen LogP contribution in [-0.2, 0) is 4.74 Å². The fourth-order valence-electron chi connectivity index (χ4n) is 5.88. The first-order valence-corrected chi connectivity index (χ1v) is 13.1. The van der Waals surface area contributed by atoms with Crippen LogP contribution in [-0.4, -0.2) is 79.4 Å². The summed E-state index contributed by atoms with van der Waals surface area (Å²) in [6, 6.07) is 7.56. The number of hydrazone groups is 1. The smallest absolute Gasteiger partial charge is 0.164 e. The van der Waals surface area contributed by atoms with E-state index in [1.807, 2.05) is 23.9 Å². The Hall–Kier alpha value is -1.51. The third kappa shape index (κ3) is 4.46. The molecule has 4 aliphatic heterocycles. The van der Waals surface area contributed by atoms with Crippen molar-refractivity contribution in [2.24, 2.45) is 16.4 Å². The van der Waals surface area contributed by atoms with Crippen molar-refractivity contribution in [1.29, 1.82) is 0 Å². The highest BCUT2D eigenvalue weighted by molar-refractivity contribution is 7.99. The van der Waals surface area contributed by atoms with Crippen LogP contribution >= 0.6 is 11.8 Å². The summed E-state index contributed by atoms with van der Waals surface area (Å²) in [5.41, 5.74) is 5.08. The molecular weight excluding hydrogens is 425 g/mol. The predicted molar refractivity (Wildman–Crippen MR) is 129 cm³/mol. The van der Waals surface area contributed by atoms with Gasteiger partial charge in [-0.05, 0) is 62.2 Å². The number of fused-ring (bicyclic) bond motifs is 1. The van der Waals surface area contributed by atoms with Crippen LogP contribution in [0.1, 0.15) is 32.6 Å². The molecule has 0 saturated carbocycles. The average Bonchev–Trinajstić information content (AvgIpc) is 3.43. The van der Waals surface area contributed by atoms with Gasteiger partial charge in [0.1, 0.15) is 11.7 Å². The first-order valence-electron chi connectivity index (χ1n) is 12.0. The second-order valence-corrected chi connectivity index (χ2v) is 11.2. The topological polar surface area (TPSA) is 43.3 Å². The summed E-state index contributed by atoms with van der Waals surface area (Å²) in [5.74, 6) is 2.69. The molecule has 1 aromatic carbocycles. The van der Waals surface area contributed by atoms with Crippen molar-refractivity contribution in [2.75, 3.05) is 57.1 Å². The van der Waals surface area contributed by atoms with E-state index in [2.05, 4.69) is 39.2 Å². The minimum absolute atomic E-state index is 0.158. The molecule has 176 valence electrons. The molecular formula is C24H36FN5OS. The lowest BCUT2D eigenvalue weighted by atomic mass is 9.85. The highest BCUT2D eigenvalue weighted by Gasteiger charge is 2.49. The molecule has 4 heterocycles. The maximum Gasteiger partial charge on any atom is 0.164 e. The van der Waals surface area contributed by atoms with Gasteiger partial charge in [0.25, 0.3) is 0 Å². The fourth-order valence-corrected chi connectivity index (χ4v) is 6.86. The Morgan fingerprint density at radius 2 is 2.03 bits per heavy atom. The Bertz CT molecular complexity index is 817. The number of rotatable bonds is 7. The van der Waals surface area contributed by atoms with Crippen LogP contribution in [0.3, 0.4) is 0 Å². The molecule has 6 nitrogen and oxygen atoms in total. The summed E-state index contributed by atoms with van der Waals surface area (Å²) < 4.78 is 18.9. The van der Waals surface area contributed by atoms with Gasteiger partial charge in [-0.1, -0.05) is 6.92 Å². The normalized spacial score (nSPS) is 31.2. The standard InChI is InChI=1S/C24H36FN5OS/c1-24-10-12-30(20-6-4-19(25)5-7-20)21(24)16-29(17-24)11-3-15-32-23-27-26-22(28(23)2)18-8-13-31-14-9-18/h4-7,18,21,23,27H,3,8-17H2,1-2H3/t21-,23?,24+/m1/s1. The number of hydrogen-bond donors (Lipinski definition) is 1. The number of halogens is 1. The van der Waals surface area contributed by atoms with Crippen LogP contribution < -0.4 is 10.3 Å². The first kappa shape index (κ1) is 22.3. The van der Waals surface area contributed by atoms with Gasteiger partial charge >= 0.3 is 0 Å². The number of nitrogens with zero attached hydrogens (tertiary/aromatic N) is 4. The van der Waals surface area contributed by atoms with Crippen LogP contribution in [0.15, 0.2) is 29.4 Å². The molecule has 32 heavy (non-hydrogen) atoms. The van der Waals surface area contributed by atoms with E-state index in [1.54, 1.807) is 12.1 Å². The number of benzene rings is 1. The van der Waals surface area contributed by atoms with E-state index in [1.165, 1.54) is 25.2 Å². The van der Waals surface area contributed by atoms with Crippen LogP contribution in [0.5, 0.6) is 0 Å². The van der Waals surface area contributed by atoms with Crippen LogP contribution in [0.2, 0.25) is 0 Å². The SMILES string of the molecule is CN1C(C2CCOCC2)=NNC1SCCCN1C[C@H]2N(c3ccc(F)cc3)CC[C@@]2(C)C1. The number of amidine groups is 1. The monoisotopic (exact) mass is 461 g/mol. The summed E-state index contributed by atoms with van der Waals surface area (Å²) in [7, 11) is 2.17. The lowest BCUT2D eigenvalue weighted by molar-refractivity contribution is 0.0806. The molecule has 3 saturated heterocycles. The van der Waals surface area contributed by atoms with Gasteiger partial charge in [0, 0.05) is 63.0 Å². The molecule has 1 N–H and O–H groups in total. The molecule has 5 rings (SSSR count). The molecule has 0 bridgehead atoms. The third-order valence-electron chi connectivity index (χ3n) is 7.76. The molecule has 4 aliphatic rings. The highest BCUT2D eigenvalue weighted by atomic mass is 32.2. The zero-order valence-electron chi connectivity index (χ0n) is 19.3. The number of nitrogens with one attached hydrogen (secondary N) is 1.